The fourth-order valence-corrected chi connectivity index (χ4v) is 1.09. The first-order valence-corrected chi connectivity index (χ1v) is 4.21. The summed E-state index contributed by atoms with van der Waals surface area (Å²) in [5.41, 5.74) is 6.70. The van der Waals surface area contributed by atoms with Gasteiger partial charge < -0.3 is 10.2 Å². The van der Waals surface area contributed by atoms with Crippen molar-refractivity contribution in [2.24, 2.45) is 5.73 Å². The number of hydrogen-bond acceptors (Lipinski definition) is 2. The van der Waals surface area contributed by atoms with Gasteiger partial charge in [0.25, 0.3) is 0 Å². The van der Waals surface area contributed by atoms with E-state index in [1.54, 1.807) is 6.26 Å². The minimum atomic E-state index is 0.718. The molecule has 0 bridgehead atoms. The normalized spacial score (nSPS) is 12.0. The molecule has 12 heavy (non-hydrogen) atoms. The smallest absolute Gasteiger partial charge is 0.107 e. The Hall–Kier alpha value is -1.02. The minimum Gasteiger partial charge on any atom is -0.469 e. The molecule has 0 amide bonds. The Morgan fingerprint density at radius 3 is 3.08 bits per heavy atom. The lowest BCUT2D eigenvalue weighted by molar-refractivity contribution is 0.519. The lowest BCUT2D eigenvalue weighted by Crippen LogP contribution is -1.96. The summed E-state index contributed by atoms with van der Waals surface area (Å²) < 4.78 is 5.21. The van der Waals surface area contributed by atoms with Crippen molar-refractivity contribution >= 4 is 0 Å². The molecule has 66 valence electrons. The van der Waals surface area contributed by atoms with Crippen LogP contribution in [0.4, 0.5) is 0 Å². The molecule has 0 unspecified atom stereocenters. The van der Waals surface area contributed by atoms with E-state index in [0.717, 1.165) is 25.1 Å². The Balaban J connectivity index is 2.41. The van der Waals surface area contributed by atoms with E-state index in [1.807, 2.05) is 12.1 Å². The highest BCUT2D eigenvalue weighted by Gasteiger charge is 1.95. The third-order valence-electron chi connectivity index (χ3n) is 1.69. The zero-order chi connectivity index (χ0) is 8.81. The van der Waals surface area contributed by atoms with Crippen LogP contribution >= 0.6 is 0 Å². The summed E-state index contributed by atoms with van der Waals surface area (Å²) in [7, 11) is 0. The first-order valence-electron chi connectivity index (χ1n) is 4.21. The van der Waals surface area contributed by atoms with Gasteiger partial charge in [0.05, 0.1) is 6.26 Å². The van der Waals surface area contributed by atoms with Crippen LogP contribution in [0.2, 0.25) is 0 Å². The third kappa shape index (κ3) is 2.93. The molecule has 0 atom stereocenters. The molecule has 1 heterocycles. The second kappa shape index (κ2) is 4.78. The van der Waals surface area contributed by atoms with Gasteiger partial charge in [-0.3, -0.25) is 0 Å². The highest BCUT2D eigenvalue weighted by Crippen LogP contribution is 2.08. The Morgan fingerprint density at radius 2 is 2.50 bits per heavy atom. The summed E-state index contributed by atoms with van der Waals surface area (Å²) in [4.78, 5) is 0. The molecule has 0 radical (unpaired) electrons. The monoisotopic (exact) mass is 165 g/mol. The molecule has 0 fully saturated rings. The van der Waals surface area contributed by atoms with Crippen molar-refractivity contribution in [3.63, 3.8) is 0 Å². The van der Waals surface area contributed by atoms with E-state index in [2.05, 4.69) is 13.0 Å². The summed E-state index contributed by atoms with van der Waals surface area (Å²) >= 11 is 0. The average molecular weight is 165 g/mol. The van der Waals surface area contributed by atoms with Crippen molar-refractivity contribution in [1.82, 2.24) is 0 Å². The van der Waals surface area contributed by atoms with Gasteiger partial charge >= 0.3 is 0 Å². The summed E-state index contributed by atoms with van der Waals surface area (Å²) in [6.45, 7) is 2.81. The molecule has 0 aliphatic carbocycles. The Kier molecular flexibility index (Phi) is 3.61. The number of furan rings is 1. The lowest BCUT2D eigenvalue weighted by atomic mass is 10.1. The lowest BCUT2D eigenvalue weighted by Gasteiger charge is -1.96. The van der Waals surface area contributed by atoms with E-state index in [4.69, 9.17) is 10.2 Å². The van der Waals surface area contributed by atoms with Gasteiger partial charge in [-0.2, -0.15) is 0 Å². The summed E-state index contributed by atoms with van der Waals surface area (Å²) in [5.74, 6) is 1.01. The number of allylic oxidation sites excluding steroid dienone is 1. The van der Waals surface area contributed by atoms with Crippen molar-refractivity contribution < 1.29 is 4.42 Å². The Morgan fingerprint density at radius 1 is 1.67 bits per heavy atom. The molecule has 1 aromatic heterocycles. The van der Waals surface area contributed by atoms with Crippen LogP contribution < -0.4 is 5.73 Å². The van der Waals surface area contributed by atoms with Crippen molar-refractivity contribution in [3.05, 3.63) is 35.8 Å². The van der Waals surface area contributed by atoms with Crippen LogP contribution in [-0.4, -0.2) is 6.54 Å². The second-order valence-electron chi connectivity index (χ2n) is 2.88. The van der Waals surface area contributed by atoms with Crippen molar-refractivity contribution in [2.45, 2.75) is 19.8 Å². The minimum absolute atomic E-state index is 0.718. The van der Waals surface area contributed by atoms with Crippen LogP contribution in [0.1, 0.15) is 19.1 Å². The first kappa shape index (κ1) is 9.07. The third-order valence-corrected chi connectivity index (χ3v) is 1.69. The van der Waals surface area contributed by atoms with Crippen molar-refractivity contribution in [2.75, 3.05) is 6.54 Å². The molecular weight excluding hydrogens is 150 g/mol. The molecule has 0 saturated heterocycles. The van der Waals surface area contributed by atoms with Crippen LogP contribution in [0.25, 0.3) is 0 Å². The maximum Gasteiger partial charge on any atom is 0.107 e. The van der Waals surface area contributed by atoms with Gasteiger partial charge in [0.2, 0.25) is 0 Å². The summed E-state index contributed by atoms with van der Waals surface area (Å²) in [6.07, 6.45) is 5.70. The van der Waals surface area contributed by atoms with Crippen LogP contribution in [0.15, 0.2) is 34.5 Å². The zero-order valence-corrected chi connectivity index (χ0v) is 7.42. The van der Waals surface area contributed by atoms with E-state index >= 15 is 0 Å². The van der Waals surface area contributed by atoms with E-state index in [9.17, 15) is 0 Å². The van der Waals surface area contributed by atoms with E-state index in [0.29, 0.717) is 0 Å². The van der Waals surface area contributed by atoms with Gasteiger partial charge in [-0.25, -0.2) is 0 Å². The fraction of sp³-hybridized carbons (Fsp3) is 0.400. The van der Waals surface area contributed by atoms with E-state index < -0.39 is 0 Å². The van der Waals surface area contributed by atoms with Gasteiger partial charge in [0, 0.05) is 6.42 Å². The molecule has 0 aliphatic rings. The predicted octanol–water partition coefficient (Wildman–Crippen LogP) is 2.12. The van der Waals surface area contributed by atoms with Gasteiger partial charge in [-0.1, -0.05) is 11.6 Å². The van der Waals surface area contributed by atoms with E-state index in [-0.39, 0.29) is 0 Å². The predicted molar refractivity (Wildman–Crippen MR) is 49.8 cm³/mol. The highest BCUT2D eigenvalue weighted by molar-refractivity contribution is 5.10. The fourth-order valence-electron chi connectivity index (χ4n) is 1.09. The molecular formula is C10H15NO. The van der Waals surface area contributed by atoms with Crippen LogP contribution in [0.3, 0.4) is 0 Å². The van der Waals surface area contributed by atoms with Crippen molar-refractivity contribution in [1.29, 1.82) is 0 Å². The van der Waals surface area contributed by atoms with Gasteiger partial charge in [0.1, 0.15) is 5.76 Å². The topological polar surface area (TPSA) is 39.2 Å². The highest BCUT2D eigenvalue weighted by atomic mass is 16.3. The van der Waals surface area contributed by atoms with Gasteiger partial charge in [0.15, 0.2) is 0 Å². The zero-order valence-electron chi connectivity index (χ0n) is 7.42. The maximum absolute atomic E-state index is 5.38. The Bertz CT molecular complexity index is 236. The summed E-state index contributed by atoms with van der Waals surface area (Å²) in [5, 5.41) is 0. The molecule has 2 nitrogen and oxygen atoms in total. The quantitative estimate of drug-likeness (QED) is 0.694. The molecule has 0 saturated carbocycles. The maximum atomic E-state index is 5.38. The van der Waals surface area contributed by atoms with Crippen LogP contribution in [0.5, 0.6) is 0 Å². The number of hydrogen-bond donors (Lipinski definition) is 1. The van der Waals surface area contributed by atoms with Crippen molar-refractivity contribution in [3.8, 4) is 0 Å². The molecule has 0 aromatic carbocycles. The number of rotatable bonds is 4. The summed E-state index contributed by atoms with van der Waals surface area (Å²) in [6, 6.07) is 3.89. The molecule has 1 aromatic rings. The second-order valence-corrected chi connectivity index (χ2v) is 2.88. The standard InChI is InChI=1S/C10H15NO/c1-9(4-2-6-11)8-10-5-3-7-12-10/h3-5,7H,2,6,8,11H2,1H3. The molecule has 2 heteroatoms. The molecule has 0 spiro atoms. The Labute approximate surface area is 73.1 Å². The van der Waals surface area contributed by atoms with Crippen LogP contribution in [0, 0.1) is 0 Å². The van der Waals surface area contributed by atoms with E-state index in [1.165, 1.54) is 5.57 Å². The van der Waals surface area contributed by atoms with Gasteiger partial charge in [-0.15, -0.1) is 0 Å². The first-order chi connectivity index (χ1) is 5.83. The van der Waals surface area contributed by atoms with Gasteiger partial charge in [-0.05, 0) is 32.0 Å². The largest absolute Gasteiger partial charge is 0.469 e. The molecule has 2 N–H and O–H groups in total. The molecule has 1 rings (SSSR count). The average Bonchev–Trinajstić information content (AvgIpc) is 2.53. The number of nitrogens with two attached hydrogens (primary N) is 1. The SMILES string of the molecule is CC(=CCCN)Cc1ccco1. The molecule has 0 aliphatic heterocycles. The van der Waals surface area contributed by atoms with Crippen LogP contribution in [-0.2, 0) is 6.42 Å².